The second kappa shape index (κ2) is 9.11. The molecule has 4 rings (SSSR count). The minimum atomic E-state index is -5.12. The number of halogens is 5. The van der Waals surface area contributed by atoms with Gasteiger partial charge in [-0.05, 0) is 111 Å². The van der Waals surface area contributed by atoms with E-state index in [1.54, 1.807) is 0 Å². The van der Waals surface area contributed by atoms with Gasteiger partial charge >= 0.3 is 6.36 Å². The van der Waals surface area contributed by atoms with Gasteiger partial charge in [0.05, 0.1) is 0 Å². The van der Waals surface area contributed by atoms with E-state index in [0.29, 0.717) is 23.3 Å². The monoisotopic (exact) mass is 442 g/mol. The lowest BCUT2D eigenvalue weighted by molar-refractivity contribution is -0.276. The van der Waals surface area contributed by atoms with Crippen LogP contribution >= 0.6 is 0 Å². The fourth-order valence-electron chi connectivity index (χ4n) is 6.67. The van der Waals surface area contributed by atoms with Crippen LogP contribution < -0.4 is 4.74 Å². The van der Waals surface area contributed by atoms with Crippen LogP contribution in [0.15, 0.2) is 24.3 Å². The summed E-state index contributed by atoms with van der Waals surface area (Å²) in [6, 6.07) is 2.07. The van der Waals surface area contributed by atoms with Gasteiger partial charge in [-0.2, -0.15) is 0 Å². The number of fused-ring (bicyclic) bond motifs is 3. The van der Waals surface area contributed by atoms with Crippen molar-refractivity contribution >= 4 is 0 Å². The third-order valence-electron chi connectivity index (χ3n) is 7.93. The highest BCUT2D eigenvalue weighted by Crippen LogP contribution is 2.55. The fourth-order valence-corrected chi connectivity index (χ4v) is 6.67. The van der Waals surface area contributed by atoms with Gasteiger partial charge in [-0.25, -0.2) is 8.78 Å². The van der Waals surface area contributed by atoms with Gasteiger partial charge in [0.2, 0.25) is 5.75 Å². The Morgan fingerprint density at radius 3 is 2.13 bits per heavy atom. The molecule has 3 saturated carbocycles. The van der Waals surface area contributed by atoms with Crippen LogP contribution in [0.4, 0.5) is 22.0 Å². The van der Waals surface area contributed by atoms with Crippen LogP contribution in [-0.2, 0) is 0 Å². The highest BCUT2D eigenvalue weighted by molar-refractivity contribution is 5.33. The molecule has 6 atom stereocenters. The van der Waals surface area contributed by atoms with Gasteiger partial charge in [-0.3, -0.25) is 0 Å². The summed E-state index contributed by atoms with van der Waals surface area (Å²) < 4.78 is 69.2. The van der Waals surface area contributed by atoms with E-state index in [1.165, 1.54) is 25.7 Å². The summed E-state index contributed by atoms with van der Waals surface area (Å²) in [4.78, 5) is 0. The number of ether oxygens (including phenoxy) is 1. The van der Waals surface area contributed by atoms with Crippen LogP contribution in [0, 0.1) is 41.2 Å². The Bertz CT molecular complexity index is 779. The molecule has 3 aliphatic rings. The van der Waals surface area contributed by atoms with Gasteiger partial charge in [0.25, 0.3) is 0 Å². The summed E-state index contributed by atoms with van der Waals surface area (Å²) in [6.07, 6.45) is 9.55. The third-order valence-corrected chi connectivity index (χ3v) is 7.93. The van der Waals surface area contributed by atoms with E-state index in [4.69, 9.17) is 0 Å². The Morgan fingerprint density at radius 1 is 0.903 bits per heavy atom. The van der Waals surface area contributed by atoms with Gasteiger partial charge in [0.1, 0.15) is 0 Å². The number of rotatable bonds is 4. The van der Waals surface area contributed by atoms with E-state index >= 15 is 0 Å². The standard InChI is InChI=1S/C25H31F5O/c1-2-3-4-15-5-9-20-17(11-15)6-7-18-12-16(8-10-21(18)20)19-13-22(26)24(23(27)14-19)31-25(28,29)30/h3-4,13-18,20-21H,2,5-12H2,1H3/t15-,16-,17-,18+,20+,21+/m1/s1. The fraction of sp³-hybridized carbons (Fsp3) is 0.680. The maximum absolute atomic E-state index is 14.2. The first-order valence-electron chi connectivity index (χ1n) is 11.7. The van der Waals surface area contributed by atoms with E-state index in [-0.39, 0.29) is 5.92 Å². The highest BCUT2D eigenvalue weighted by Gasteiger charge is 2.44. The second-order valence-electron chi connectivity index (χ2n) is 9.71. The van der Waals surface area contributed by atoms with Crippen molar-refractivity contribution in [2.75, 3.05) is 0 Å². The molecule has 0 N–H and O–H groups in total. The average molecular weight is 443 g/mol. The van der Waals surface area contributed by atoms with Crippen LogP contribution in [0.5, 0.6) is 5.75 Å². The van der Waals surface area contributed by atoms with Gasteiger partial charge in [-0.1, -0.05) is 19.1 Å². The van der Waals surface area contributed by atoms with Gasteiger partial charge < -0.3 is 4.74 Å². The zero-order valence-electron chi connectivity index (χ0n) is 17.9. The molecule has 0 aliphatic heterocycles. The molecule has 0 aromatic heterocycles. The highest BCUT2D eigenvalue weighted by atomic mass is 19.4. The maximum atomic E-state index is 14.2. The van der Waals surface area contributed by atoms with E-state index < -0.39 is 23.7 Å². The molecule has 1 nitrogen and oxygen atoms in total. The summed E-state index contributed by atoms with van der Waals surface area (Å²) in [5.74, 6) is -0.474. The molecule has 1 aromatic carbocycles. The zero-order valence-corrected chi connectivity index (χ0v) is 17.9. The molecule has 3 aliphatic carbocycles. The molecule has 3 fully saturated rings. The number of alkyl halides is 3. The van der Waals surface area contributed by atoms with E-state index in [0.717, 1.165) is 56.1 Å². The summed E-state index contributed by atoms with van der Waals surface area (Å²) in [7, 11) is 0. The van der Waals surface area contributed by atoms with Crippen molar-refractivity contribution < 1.29 is 26.7 Å². The van der Waals surface area contributed by atoms with Crippen LogP contribution in [0.2, 0.25) is 0 Å². The molecule has 0 amide bonds. The molecule has 0 unspecified atom stereocenters. The van der Waals surface area contributed by atoms with Crippen molar-refractivity contribution in [1.82, 2.24) is 0 Å². The zero-order chi connectivity index (χ0) is 22.2. The minimum absolute atomic E-state index is 0.00874. The topological polar surface area (TPSA) is 9.23 Å². The molecule has 0 radical (unpaired) electrons. The predicted octanol–water partition coefficient (Wildman–Crippen LogP) is 8.16. The van der Waals surface area contributed by atoms with E-state index in [9.17, 15) is 22.0 Å². The first-order chi connectivity index (χ1) is 14.7. The average Bonchev–Trinajstić information content (AvgIpc) is 2.73. The van der Waals surface area contributed by atoms with Crippen LogP contribution in [0.3, 0.4) is 0 Å². The van der Waals surface area contributed by atoms with Crippen molar-refractivity contribution in [3.63, 3.8) is 0 Å². The molecule has 172 valence electrons. The number of hydrogen-bond acceptors (Lipinski definition) is 1. The van der Waals surface area contributed by atoms with Crippen molar-refractivity contribution in [3.05, 3.63) is 41.5 Å². The molecule has 0 saturated heterocycles. The Kier molecular flexibility index (Phi) is 6.64. The van der Waals surface area contributed by atoms with Crippen molar-refractivity contribution in [2.45, 2.75) is 77.0 Å². The van der Waals surface area contributed by atoms with Crippen molar-refractivity contribution in [1.29, 1.82) is 0 Å². The molecule has 31 heavy (non-hydrogen) atoms. The first-order valence-corrected chi connectivity index (χ1v) is 11.7. The quantitative estimate of drug-likeness (QED) is 0.338. The molecule has 1 aromatic rings. The summed E-state index contributed by atoms with van der Waals surface area (Å²) >= 11 is 0. The SMILES string of the molecule is CCC=C[C@@H]1CC[C@H]2[C@H](CC[C@H]3C[C@H](c4cc(F)c(OC(F)(F)F)c(F)c4)CC[C@@H]32)C1. The van der Waals surface area contributed by atoms with Crippen molar-refractivity contribution in [2.24, 2.45) is 29.6 Å². The lowest BCUT2D eigenvalue weighted by Gasteiger charge is -2.50. The van der Waals surface area contributed by atoms with Crippen LogP contribution in [0.25, 0.3) is 0 Å². The smallest absolute Gasteiger partial charge is 0.399 e. The van der Waals surface area contributed by atoms with Gasteiger partial charge in [0, 0.05) is 0 Å². The Hall–Kier alpha value is -1.59. The molecule has 0 bridgehead atoms. The number of hydrogen-bond donors (Lipinski definition) is 0. The molecular weight excluding hydrogens is 411 g/mol. The largest absolute Gasteiger partial charge is 0.573 e. The summed E-state index contributed by atoms with van der Waals surface area (Å²) in [5, 5.41) is 0. The van der Waals surface area contributed by atoms with Gasteiger partial charge in [0.15, 0.2) is 11.6 Å². The Morgan fingerprint density at radius 2 is 1.52 bits per heavy atom. The normalized spacial score (nSPS) is 33.7. The van der Waals surface area contributed by atoms with Gasteiger partial charge in [-0.15, -0.1) is 13.2 Å². The lowest BCUT2D eigenvalue weighted by Crippen LogP contribution is -2.41. The minimum Gasteiger partial charge on any atom is -0.399 e. The Labute approximate surface area is 181 Å². The van der Waals surface area contributed by atoms with Crippen molar-refractivity contribution in [3.8, 4) is 5.75 Å². The molecule has 6 heteroatoms. The third kappa shape index (κ3) is 5.09. The number of benzene rings is 1. The van der Waals surface area contributed by atoms with Crippen LogP contribution in [-0.4, -0.2) is 6.36 Å². The van der Waals surface area contributed by atoms with E-state index in [1.807, 2.05) is 0 Å². The lowest BCUT2D eigenvalue weighted by atomic mass is 9.55. The molecular formula is C25H31F5O. The summed E-state index contributed by atoms with van der Waals surface area (Å²) in [6.45, 7) is 2.17. The van der Waals surface area contributed by atoms with Crippen LogP contribution in [0.1, 0.15) is 76.2 Å². The number of allylic oxidation sites excluding steroid dienone is 2. The molecule has 0 spiro atoms. The first kappa shape index (κ1) is 22.6. The maximum Gasteiger partial charge on any atom is 0.573 e. The summed E-state index contributed by atoms with van der Waals surface area (Å²) in [5.41, 5.74) is 0.457. The van der Waals surface area contributed by atoms with E-state index in [2.05, 4.69) is 23.8 Å². The molecule has 0 heterocycles. The Balaban J connectivity index is 1.42. The second-order valence-corrected chi connectivity index (χ2v) is 9.71. The predicted molar refractivity (Wildman–Crippen MR) is 110 cm³/mol.